The Kier molecular flexibility index (Phi) is 385. The van der Waals surface area contributed by atoms with Gasteiger partial charge in [-0.15, -0.1) is 24.8 Å². The van der Waals surface area contributed by atoms with Crippen LogP contribution >= 0.6 is 24.8 Å². The third-order valence-electron chi connectivity index (χ3n) is 0. The number of alkyl halides is 1. The lowest BCUT2D eigenvalue weighted by Crippen LogP contribution is -1.18. The van der Waals surface area contributed by atoms with Crippen molar-refractivity contribution in [3.8, 4) is 0 Å². The zero-order valence-corrected chi connectivity index (χ0v) is 5.87. The Hall–Kier alpha value is 0.330. The first-order chi connectivity index (χ1) is 2.41. The lowest BCUT2D eigenvalue weighted by atomic mass is 11.9. The van der Waals surface area contributed by atoms with Gasteiger partial charge in [-0.2, -0.15) is 8.42 Å². The van der Waals surface area contributed by atoms with Crippen molar-refractivity contribution in [1.29, 1.82) is 0 Å². The van der Waals surface area contributed by atoms with Gasteiger partial charge in [-0.1, -0.05) is 0 Å². The third kappa shape index (κ3) is 1090. The van der Waals surface area contributed by atoms with Crippen molar-refractivity contribution in [1.82, 2.24) is 0 Å². The topological polar surface area (TPSA) is 34.1 Å². The molecule has 0 saturated carbocycles. The van der Waals surface area contributed by atoms with Gasteiger partial charge in [-0.3, -0.25) is 4.39 Å². The summed E-state index contributed by atoms with van der Waals surface area (Å²) in [6.07, 6.45) is 0. The first kappa shape index (κ1) is 26.5. The van der Waals surface area contributed by atoms with E-state index >= 15 is 0 Å². The van der Waals surface area contributed by atoms with E-state index < -0.39 is 11.6 Å². The minimum Gasteiger partial charge on any atom is -0.255 e. The second kappa shape index (κ2) is 102. The largest absolute Gasteiger partial charge is 0.335 e. The van der Waals surface area contributed by atoms with Crippen LogP contribution < -0.4 is 0 Å². The molecule has 0 radical (unpaired) electrons. The summed E-state index contributed by atoms with van der Waals surface area (Å²) in [5, 5.41) is 0. The smallest absolute Gasteiger partial charge is 0.255 e. The molecule has 0 aromatic heterocycles. The molecule has 7 heavy (non-hydrogen) atoms. The van der Waals surface area contributed by atoms with Crippen molar-refractivity contribution < 1.29 is 12.8 Å². The van der Waals surface area contributed by atoms with Crippen LogP contribution in [-0.2, 0) is 11.6 Å². The number of halogens is 3. The summed E-state index contributed by atoms with van der Waals surface area (Å²) >= 11 is -0.750. The van der Waals surface area contributed by atoms with Gasteiger partial charge in [0.2, 0.25) is 0 Å². The molecule has 6 heteroatoms. The van der Waals surface area contributed by atoms with Gasteiger partial charge in [0, 0.05) is 0 Å². The van der Waals surface area contributed by atoms with Crippen LogP contribution in [0.4, 0.5) is 4.39 Å². The van der Waals surface area contributed by atoms with Gasteiger partial charge in [-0.25, -0.2) is 0 Å². The standard InChI is InChI=1S/CH3F.2ClH.O2S/c1-2;;;1-3-2/h1H3;2*1H;. The Labute approximate surface area is 56.9 Å². The van der Waals surface area contributed by atoms with Crippen LogP contribution in [-0.4, -0.2) is 15.6 Å². The lowest BCUT2D eigenvalue weighted by Gasteiger charge is -1.10. The lowest BCUT2D eigenvalue weighted by molar-refractivity contribution is 0.630. The molecule has 0 N–H and O–H groups in total. The van der Waals surface area contributed by atoms with E-state index in [9.17, 15) is 4.39 Å². The van der Waals surface area contributed by atoms with Crippen molar-refractivity contribution in [2.24, 2.45) is 0 Å². The maximum atomic E-state index is 9.50. The van der Waals surface area contributed by atoms with Gasteiger partial charge in [0.1, 0.15) is 0 Å². The molecule has 48 valence electrons. The summed E-state index contributed by atoms with van der Waals surface area (Å²) in [6, 6.07) is 0. The van der Waals surface area contributed by atoms with Gasteiger partial charge in [0.25, 0.3) is 0 Å². The molecule has 0 heterocycles. The molecule has 0 aromatic rings. The molecule has 0 rings (SSSR count). The van der Waals surface area contributed by atoms with E-state index in [1.54, 1.807) is 0 Å². The summed E-state index contributed by atoms with van der Waals surface area (Å²) in [7, 11) is 0.500. The quantitative estimate of drug-likeness (QED) is 0.539. The van der Waals surface area contributed by atoms with Crippen molar-refractivity contribution in [3.63, 3.8) is 0 Å². The van der Waals surface area contributed by atoms with Crippen LogP contribution in [0.2, 0.25) is 0 Å². The average Bonchev–Trinajstić information content (AvgIpc) is 1.46. The third-order valence-corrected chi connectivity index (χ3v) is 0. The number of hydrogen-bond acceptors (Lipinski definition) is 2. The van der Waals surface area contributed by atoms with Crippen LogP contribution in [0.3, 0.4) is 0 Å². The Bertz CT molecular complexity index is 36.7. The van der Waals surface area contributed by atoms with Crippen LogP contribution in [0, 0.1) is 0 Å². The van der Waals surface area contributed by atoms with Crippen LogP contribution in [0.15, 0.2) is 0 Å². The highest BCUT2D eigenvalue weighted by Crippen LogP contribution is 1.16. The second-order valence-electron chi connectivity index (χ2n) is 0.0680. The van der Waals surface area contributed by atoms with Crippen LogP contribution in [0.25, 0.3) is 0 Å². The van der Waals surface area contributed by atoms with E-state index in [1.165, 1.54) is 0 Å². The fourth-order valence-electron chi connectivity index (χ4n) is 0. The Morgan fingerprint density at radius 1 is 1.14 bits per heavy atom. The van der Waals surface area contributed by atoms with E-state index in [-0.39, 0.29) is 24.8 Å². The summed E-state index contributed by atoms with van der Waals surface area (Å²) in [5.41, 5.74) is 0. The van der Waals surface area contributed by atoms with Crippen molar-refractivity contribution in [2.45, 2.75) is 0 Å². The van der Waals surface area contributed by atoms with Crippen LogP contribution in [0.5, 0.6) is 0 Å². The van der Waals surface area contributed by atoms with Gasteiger partial charge < -0.3 is 0 Å². The summed E-state index contributed by atoms with van der Waals surface area (Å²) in [4.78, 5) is 0. The summed E-state index contributed by atoms with van der Waals surface area (Å²) in [6.45, 7) is 0. The number of hydrogen-bond donors (Lipinski definition) is 0. The molecule has 0 aliphatic heterocycles. The van der Waals surface area contributed by atoms with Gasteiger partial charge in [0.15, 0.2) is 0 Å². The molecule has 0 aliphatic rings. The Balaban J connectivity index is -0.0000000105. The zero-order chi connectivity index (χ0) is 4.71. The molecule has 0 aromatic carbocycles. The zero-order valence-electron chi connectivity index (χ0n) is 3.42. The Morgan fingerprint density at radius 3 is 1.14 bits per heavy atom. The van der Waals surface area contributed by atoms with E-state index in [2.05, 4.69) is 0 Å². The first-order valence-corrected chi connectivity index (χ1v) is 1.38. The van der Waals surface area contributed by atoms with Gasteiger partial charge in [0.05, 0.1) is 7.18 Å². The highest BCUT2D eigenvalue weighted by molar-refractivity contribution is 7.51. The SMILES string of the molecule is CF.Cl.Cl.O=S=O. The van der Waals surface area contributed by atoms with Crippen LogP contribution in [0.1, 0.15) is 0 Å². The van der Waals surface area contributed by atoms with Gasteiger partial charge in [-0.05, 0) is 0 Å². The maximum absolute atomic E-state index is 9.50. The van der Waals surface area contributed by atoms with Gasteiger partial charge >= 0.3 is 11.6 Å². The molecule has 0 unspecified atom stereocenters. The second-order valence-corrected chi connectivity index (χ2v) is 0.204. The molecule has 0 aliphatic carbocycles. The first-order valence-electron chi connectivity index (χ1n) is 0.711. The minimum absolute atomic E-state index is 0. The fourth-order valence-corrected chi connectivity index (χ4v) is 0. The normalized spacial score (nSPS) is 2.57. The molecule has 0 amide bonds. The van der Waals surface area contributed by atoms with Crippen molar-refractivity contribution in [3.05, 3.63) is 0 Å². The van der Waals surface area contributed by atoms with E-state index in [1.807, 2.05) is 0 Å². The number of rotatable bonds is 0. The molecular formula is CH5Cl2FO2S. The molecule has 2 nitrogen and oxygen atoms in total. The maximum Gasteiger partial charge on any atom is 0.335 e. The molecule has 0 spiro atoms. The highest BCUT2D eigenvalue weighted by Gasteiger charge is 1.12. The predicted octanol–water partition coefficient (Wildman–Crippen LogP) is 0.759. The molecule has 0 atom stereocenters. The monoisotopic (exact) mass is 170 g/mol. The fraction of sp³-hybridized carbons (Fsp3) is 1.00. The summed E-state index contributed by atoms with van der Waals surface area (Å²) < 4.78 is 26.1. The Morgan fingerprint density at radius 2 is 1.14 bits per heavy atom. The molecule has 0 fully saturated rings. The molecule has 0 saturated heterocycles. The van der Waals surface area contributed by atoms with E-state index in [0.717, 1.165) is 0 Å². The predicted molar refractivity (Wildman–Crippen MR) is 30.4 cm³/mol. The highest BCUT2D eigenvalue weighted by atomic mass is 35.5. The van der Waals surface area contributed by atoms with Crippen molar-refractivity contribution in [2.75, 3.05) is 7.18 Å². The molecular weight excluding hydrogens is 166 g/mol. The van der Waals surface area contributed by atoms with E-state index in [4.69, 9.17) is 8.42 Å². The minimum atomic E-state index is -0.750. The van der Waals surface area contributed by atoms with E-state index in [0.29, 0.717) is 7.18 Å². The summed E-state index contributed by atoms with van der Waals surface area (Å²) in [5.74, 6) is 0. The average molecular weight is 171 g/mol. The van der Waals surface area contributed by atoms with Crippen molar-refractivity contribution >= 4 is 36.4 Å². The molecule has 0 bridgehead atoms.